The average molecular weight is 183 g/mol. The van der Waals surface area contributed by atoms with E-state index in [0.29, 0.717) is 0 Å². The minimum Gasteiger partial charge on any atom is -0.303 e. The molecule has 0 saturated carbocycles. The molecule has 13 heavy (non-hydrogen) atoms. The molecule has 0 spiro atoms. The lowest BCUT2D eigenvalue weighted by Gasteiger charge is -2.22. The second-order valence-electron chi connectivity index (χ2n) is 4.76. The summed E-state index contributed by atoms with van der Waals surface area (Å²) < 4.78 is 0. The number of hydrogen-bond acceptors (Lipinski definition) is 1. The molecule has 1 saturated heterocycles. The molecule has 0 N–H and O–H groups in total. The zero-order chi connectivity index (χ0) is 9.68. The summed E-state index contributed by atoms with van der Waals surface area (Å²) in [5, 5.41) is 0. The molecule has 0 bridgehead atoms. The first kappa shape index (κ1) is 11.0. The summed E-state index contributed by atoms with van der Waals surface area (Å²) in [5.41, 5.74) is 0. The van der Waals surface area contributed by atoms with Gasteiger partial charge in [-0.3, -0.25) is 0 Å². The van der Waals surface area contributed by atoms with Gasteiger partial charge in [0.2, 0.25) is 0 Å². The van der Waals surface area contributed by atoms with Gasteiger partial charge in [0.1, 0.15) is 0 Å². The monoisotopic (exact) mass is 183 g/mol. The van der Waals surface area contributed by atoms with E-state index >= 15 is 0 Å². The average Bonchev–Trinajstić information content (AvgIpc) is 2.48. The van der Waals surface area contributed by atoms with Gasteiger partial charge in [-0.2, -0.15) is 0 Å². The fourth-order valence-corrected chi connectivity index (χ4v) is 2.41. The maximum absolute atomic E-state index is 2.54. The van der Waals surface area contributed by atoms with Crippen LogP contribution < -0.4 is 0 Å². The van der Waals surface area contributed by atoms with Crippen molar-refractivity contribution in [2.24, 2.45) is 5.92 Å². The third kappa shape index (κ3) is 3.68. The van der Waals surface area contributed by atoms with Crippen LogP contribution in [0.2, 0.25) is 0 Å². The standard InChI is InChI=1S/C12H25N/c1-4-5-7-11(2)10-12-8-6-9-13(12)3/h11-12H,4-10H2,1-3H3. The first-order valence-corrected chi connectivity index (χ1v) is 5.94. The van der Waals surface area contributed by atoms with Crippen molar-refractivity contribution in [2.45, 2.75) is 58.4 Å². The fourth-order valence-electron chi connectivity index (χ4n) is 2.41. The molecule has 0 aliphatic carbocycles. The topological polar surface area (TPSA) is 3.24 Å². The first-order chi connectivity index (χ1) is 6.24. The lowest BCUT2D eigenvalue weighted by atomic mass is 9.95. The van der Waals surface area contributed by atoms with Crippen molar-refractivity contribution in [3.05, 3.63) is 0 Å². The summed E-state index contributed by atoms with van der Waals surface area (Å²) in [7, 11) is 2.28. The van der Waals surface area contributed by atoms with Gasteiger partial charge in [-0.05, 0) is 38.8 Å². The Morgan fingerprint density at radius 3 is 2.77 bits per heavy atom. The molecule has 0 amide bonds. The zero-order valence-electron chi connectivity index (χ0n) is 9.55. The molecular formula is C12H25N. The van der Waals surface area contributed by atoms with Gasteiger partial charge in [-0.25, -0.2) is 0 Å². The molecule has 2 atom stereocenters. The van der Waals surface area contributed by atoms with E-state index in [-0.39, 0.29) is 0 Å². The van der Waals surface area contributed by atoms with E-state index in [0.717, 1.165) is 12.0 Å². The van der Waals surface area contributed by atoms with Crippen LogP contribution in [0.1, 0.15) is 52.4 Å². The van der Waals surface area contributed by atoms with Gasteiger partial charge >= 0.3 is 0 Å². The van der Waals surface area contributed by atoms with Gasteiger partial charge in [0.15, 0.2) is 0 Å². The van der Waals surface area contributed by atoms with Crippen molar-refractivity contribution < 1.29 is 0 Å². The molecule has 0 aromatic carbocycles. The highest BCUT2D eigenvalue weighted by atomic mass is 15.1. The van der Waals surface area contributed by atoms with Crippen molar-refractivity contribution in [1.29, 1.82) is 0 Å². The summed E-state index contributed by atoms with van der Waals surface area (Å²) in [6, 6.07) is 0.895. The second-order valence-corrected chi connectivity index (χ2v) is 4.76. The molecule has 1 heterocycles. The molecule has 1 aliphatic rings. The number of hydrogen-bond donors (Lipinski definition) is 0. The Labute approximate surface area is 83.5 Å². The van der Waals surface area contributed by atoms with Crippen LogP contribution in [0.15, 0.2) is 0 Å². The molecule has 1 nitrogen and oxygen atoms in total. The largest absolute Gasteiger partial charge is 0.303 e. The minimum absolute atomic E-state index is 0.895. The molecule has 1 rings (SSSR count). The molecule has 2 unspecified atom stereocenters. The molecule has 0 radical (unpaired) electrons. The second kappa shape index (κ2) is 5.64. The Hall–Kier alpha value is -0.0400. The van der Waals surface area contributed by atoms with Crippen molar-refractivity contribution in [2.75, 3.05) is 13.6 Å². The summed E-state index contributed by atoms with van der Waals surface area (Å²) in [6.45, 7) is 6.03. The van der Waals surface area contributed by atoms with E-state index in [1.165, 1.54) is 45.1 Å². The third-order valence-corrected chi connectivity index (χ3v) is 3.40. The Balaban J connectivity index is 2.15. The Morgan fingerprint density at radius 1 is 1.46 bits per heavy atom. The highest BCUT2D eigenvalue weighted by molar-refractivity contribution is 4.77. The highest BCUT2D eigenvalue weighted by Gasteiger charge is 2.22. The van der Waals surface area contributed by atoms with Crippen molar-refractivity contribution >= 4 is 0 Å². The van der Waals surface area contributed by atoms with Crippen molar-refractivity contribution in [3.8, 4) is 0 Å². The van der Waals surface area contributed by atoms with Gasteiger partial charge in [0.25, 0.3) is 0 Å². The Kier molecular flexibility index (Phi) is 4.79. The first-order valence-electron chi connectivity index (χ1n) is 5.94. The van der Waals surface area contributed by atoms with Crippen molar-refractivity contribution in [1.82, 2.24) is 4.90 Å². The normalized spacial score (nSPS) is 26.5. The minimum atomic E-state index is 0.895. The van der Waals surface area contributed by atoms with E-state index in [2.05, 4.69) is 25.8 Å². The van der Waals surface area contributed by atoms with Crippen LogP contribution in [0.5, 0.6) is 0 Å². The molecule has 1 heteroatoms. The predicted octanol–water partition coefficient (Wildman–Crippen LogP) is 3.30. The van der Waals surface area contributed by atoms with Gasteiger partial charge in [0, 0.05) is 6.04 Å². The maximum atomic E-state index is 2.54. The summed E-state index contributed by atoms with van der Waals surface area (Å²) in [5.74, 6) is 0.936. The molecule has 78 valence electrons. The summed E-state index contributed by atoms with van der Waals surface area (Å²) in [6.07, 6.45) is 8.48. The van der Waals surface area contributed by atoms with Crippen molar-refractivity contribution in [3.63, 3.8) is 0 Å². The van der Waals surface area contributed by atoms with E-state index < -0.39 is 0 Å². The number of nitrogens with zero attached hydrogens (tertiary/aromatic N) is 1. The quantitative estimate of drug-likeness (QED) is 0.632. The lowest BCUT2D eigenvalue weighted by Crippen LogP contribution is -2.26. The van der Waals surface area contributed by atoms with Crippen LogP contribution in [0, 0.1) is 5.92 Å². The van der Waals surface area contributed by atoms with Gasteiger partial charge in [-0.15, -0.1) is 0 Å². The van der Waals surface area contributed by atoms with Crippen LogP contribution >= 0.6 is 0 Å². The molecule has 0 aromatic rings. The summed E-state index contributed by atoms with van der Waals surface area (Å²) >= 11 is 0. The molecule has 1 fully saturated rings. The number of likely N-dealkylation sites (tertiary alicyclic amines) is 1. The highest BCUT2D eigenvalue weighted by Crippen LogP contribution is 2.23. The smallest absolute Gasteiger partial charge is 0.00952 e. The molecule has 1 aliphatic heterocycles. The lowest BCUT2D eigenvalue weighted by molar-refractivity contribution is 0.260. The predicted molar refractivity (Wildman–Crippen MR) is 59.0 cm³/mol. The maximum Gasteiger partial charge on any atom is 0.00952 e. The Morgan fingerprint density at radius 2 is 2.23 bits per heavy atom. The van der Waals surface area contributed by atoms with E-state index in [1.54, 1.807) is 0 Å². The van der Waals surface area contributed by atoms with Gasteiger partial charge in [0.05, 0.1) is 0 Å². The SMILES string of the molecule is CCCCC(C)CC1CCCN1C. The van der Waals surface area contributed by atoms with Crippen LogP contribution in [0.25, 0.3) is 0 Å². The molecular weight excluding hydrogens is 158 g/mol. The van der Waals surface area contributed by atoms with E-state index in [1.807, 2.05) is 0 Å². The summed E-state index contributed by atoms with van der Waals surface area (Å²) in [4.78, 5) is 2.54. The van der Waals surface area contributed by atoms with Gasteiger partial charge in [-0.1, -0.05) is 33.1 Å². The van der Waals surface area contributed by atoms with E-state index in [9.17, 15) is 0 Å². The number of unbranched alkanes of at least 4 members (excludes halogenated alkanes) is 1. The van der Waals surface area contributed by atoms with Crippen LogP contribution in [-0.4, -0.2) is 24.5 Å². The fraction of sp³-hybridized carbons (Fsp3) is 1.00. The van der Waals surface area contributed by atoms with Gasteiger partial charge < -0.3 is 4.90 Å². The zero-order valence-corrected chi connectivity index (χ0v) is 9.55. The van der Waals surface area contributed by atoms with Crippen LogP contribution in [0.3, 0.4) is 0 Å². The van der Waals surface area contributed by atoms with Crippen LogP contribution in [0.4, 0.5) is 0 Å². The number of rotatable bonds is 5. The van der Waals surface area contributed by atoms with E-state index in [4.69, 9.17) is 0 Å². The third-order valence-electron chi connectivity index (χ3n) is 3.40. The Bertz CT molecular complexity index is 133. The molecule has 0 aromatic heterocycles. The van der Waals surface area contributed by atoms with Crippen LogP contribution in [-0.2, 0) is 0 Å².